The van der Waals surface area contributed by atoms with Crippen molar-refractivity contribution in [2.75, 3.05) is 23.9 Å². The minimum atomic E-state index is -3.92. The Bertz CT molecular complexity index is 1100. The number of benzene rings is 1. The van der Waals surface area contributed by atoms with Crippen molar-refractivity contribution in [1.29, 1.82) is 0 Å². The van der Waals surface area contributed by atoms with Crippen LogP contribution in [0.25, 0.3) is 0 Å². The van der Waals surface area contributed by atoms with E-state index in [0.29, 0.717) is 41.3 Å². The van der Waals surface area contributed by atoms with Crippen molar-refractivity contribution in [3.63, 3.8) is 0 Å². The number of primary amides is 1. The fraction of sp³-hybridized carbons (Fsp3) is 0.652. The van der Waals surface area contributed by atoms with Gasteiger partial charge in [-0.3, -0.25) is 13.9 Å². The molecule has 11 heteroatoms. The summed E-state index contributed by atoms with van der Waals surface area (Å²) in [6.07, 6.45) is 5.94. The second-order valence-electron chi connectivity index (χ2n) is 10.6. The van der Waals surface area contributed by atoms with Crippen molar-refractivity contribution >= 4 is 50.9 Å². The number of halogens is 2. The van der Waals surface area contributed by atoms with Gasteiger partial charge in [-0.25, -0.2) is 0 Å². The third-order valence-corrected chi connectivity index (χ3v) is 10.6. The maximum absolute atomic E-state index is 13.3. The van der Waals surface area contributed by atoms with Gasteiger partial charge in [0.25, 0.3) is 0 Å². The molecule has 34 heavy (non-hydrogen) atoms. The van der Waals surface area contributed by atoms with Gasteiger partial charge in [-0.05, 0) is 79.9 Å². The summed E-state index contributed by atoms with van der Waals surface area (Å²) in [5.74, 6) is 0.679. The summed E-state index contributed by atoms with van der Waals surface area (Å²) >= 11 is 12.3. The molecule has 1 saturated heterocycles. The highest BCUT2D eigenvalue weighted by Gasteiger charge is 2.56. The SMILES string of the molecule is NC(=O)CC12CC3CC(C1)C(NC(=O)CN1CCCN(c4cc(Cl)ccc4Cl)S1(=O)=O)C(C3)C2. The fourth-order valence-electron chi connectivity index (χ4n) is 7.25. The monoisotopic (exact) mass is 528 g/mol. The Morgan fingerprint density at radius 3 is 2.50 bits per heavy atom. The van der Waals surface area contributed by atoms with Gasteiger partial charge in [-0.1, -0.05) is 23.2 Å². The van der Waals surface area contributed by atoms with E-state index >= 15 is 0 Å². The summed E-state index contributed by atoms with van der Waals surface area (Å²) in [6.45, 7) is 0.311. The number of amides is 2. The summed E-state index contributed by atoms with van der Waals surface area (Å²) in [5, 5.41) is 3.84. The third-order valence-electron chi connectivity index (χ3n) is 8.15. The normalized spacial score (nSPS) is 34.2. The predicted molar refractivity (Wildman–Crippen MR) is 131 cm³/mol. The molecular formula is C23H30Cl2N4O4S. The number of rotatable bonds is 6. The third kappa shape index (κ3) is 4.40. The van der Waals surface area contributed by atoms with Gasteiger partial charge in [0.1, 0.15) is 0 Å². The van der Waals surface area contributed by atoms with Gasteiger partial charge in [-0.2, -0.15) is 12.7 Å². The number of nitrogens with zero attached hydrogens (tertiary/aromatic N) is 2. The smallest absolute Gasteiger partial charge is 0.304 e. The largest absolute Gasteiger partial charge is 0.370 e. The van der Waals surface area contributed by atoms with Crippen LogP contribution in [-0.2, 0) is 19.8 Å². The highest BCUT2D eigenvalue weighted by atomic mass is 35.5. The molecule has 0 aromatic heterocycles. The van der Waals surface area contributed by atoms with Crippen LogP contribution in [0.2, 0.25) is 10.0 Å². The molecule has 0 spiro atoms. The van der Waals surface area contributed by atoms with E-state index in [1.54, 1.807) is 12.1 Å². The number of carbonyl (C=O) groups is 2. The van der Waals surface area contributed by atoms with E-state index in [2.05, 4.69) is 5.32 Å². The van der Waals surface area contributed by atoms with Gasteiger partial charge >= 0.3 is 10.2 Å². The number of hydrogen-bond acceptors (Lipinski definition) is 4. The van der Waals surface area contributed by atoms with Crippen LogP contribution in [-0.4, -0.2) is 50.2 Å². The van der Waals surface area contributed by atoms with Crippen LogP contribution in [0.3, 0.4) is 0 Å². The van der Waals surface area contributed by atoms with Gasteiger partial charge in [-0.15, -0.1) is 0 Å². The van der Waals surface area contributed by atoms with E-state index in [1.807, 2.05) is 0 Å². The number of hydrogen-bond donors (Lipinski definition) is 2. The predicted octanol–water partition coefficient (Wildman–Crippen LogP) is 2.94. The zero-order valence-corrected chi connectivity index (χ0v) is 21.2. The summed E-state index contributed by atoms with van der Waals surface area (Å²) in [7, 11) is -3.92. The second-order valence-corrected chi connectivity index (χ2v) is 13.3. The Kier molecular flexibility index (Phi) is 6.28. The molecular weight excluding hydrogens is 499 g/mol. The molecule has 1 aromatic rings. The Morgan fingerprint density at radius 2 is 1.82 bits per heavy atom. The van der Waals surface area contributed by atoms with E-state index in [-0.39, 0.29) is 47.9 Å². The molecule has 6 rings (SSSR count). The molecule has 4 aliphatic carbocycles. The number of carbonyl (C=O) groups excluding carboxylic acids is 2. The minimum absolute atomic E-state index is 0.0174. The van der Waals surface area contributed by atoms with Gasteiger partial charge in [0.2, 0.25) is 11.8 Å². The minimum Gasteiger partial charge on any atom is -0.370 e. The fourth-order valence-corrected chi connectivity index (χ4v) is 9.36. The van der Waals surface area contributed by atoms with Crippen molar-refractivity contribution in [2.24, 2.45) is 28.9 Å². The van der Waals surface area contributed by atoms with Crippen molar-refractivity contribution < 1.29 is 18.0 Å². The summed E-state index contributed by atoms with van der Waals surface area (Å²) in [4.78, 5) is 24.7. The maximum Gasteiger partial charge on any atom is 0.304 e. The number of anilines is 1. The molecule has 2 unspecified atom stereocenters. The lowest BCUT2D eigenvalue weighted by molar-refractivity contribution is -0.134. The molecule has 5 aliphatic rings. The summed E-state index contributed by atoms with van der Waals surface area (Å²) in [5.41, 5.74) is 5.84. The molecule has 186 valence electrons. The van der Waals surface area contributed by atoms with Crippen LogP contribution in [0.5, 0.6) is 0 Å². The Labute approximate surface area is 210 Å². The lowest BCUT2D eigenvalue weighted by Crippen LogP contribution is -2.61. The first-order chi connectivity index (χ1) is 16.1. The zero-order chi connectivity index (χ0) is 24.3. The first-order valence-electron chi connectivity index (χ1n) is 11.9. The van der Waals surface area contributed by atoms with Crippen LogP contribution in [0.15, 0.2) is 18.2 Å². The van der Waals surface area contributed by atoms with Crippen molar-refractivity contribution in [2.45, 2.75) is 51.0 Å². The first kappa shape index (κ1) is 24.2. The van der Waals surface area contributed by atoms with E-state index < -0.39 is 10.2 Å². The van der Waals surface area contributed by atoms with Crippen LogP contribution in [0, 0.1) is 23.2 Å². The van der Waals surface area contributed by atoms with Crippen LogP contribution in [0.1, 0.15) is 44.9 Å². The highest BCUT2D eigenvalue weighted by molar-refractivity contribution is 7.90. The molecule has 8 nitrogen and oxygen atoms in total. The second kappa shape index (κ2) is 8.84. The lowest BCUT2D eigenvalue weighted by atomic mass is 9.47. The van der Waals surface area contributed by atoms with Crippen LogP contribution < -0.4 is 15.4 Å². The van der Waals surface area contributed by atoms with Gasteiger partial charge in [0, 0.05) is 30.6 Å². The average Bonchev–Trinajstić information content (AvgIpc) is 2.73. The molecule has 4 bridgehead atoms. The van der Waals surface area contributed by atoms with E-state index in [0.717, 1.165) is 32.1 Å². The number of nitrogens with one attached hydrogen (secondary N) is 1. The van der Waals surface area contributed by atoms with Crippen LogP contribution >= 0.6 is 23.2 Å². The summed E-state index contributed by atoms with van der Waals surface area (Å²) in [6, 6.07) is 4.73. The summed E-state index contributed by atoms with van der Waals surface area (Å²) < 4.78 is 29.1. The standard InChI is InChI=1S/C23H30Cl2N4O4S/c24-17-2-3-18(25)19(8-17)29-5-1-4-28(34(29,32)33)13-21(31)27-22-15-6-14-7-16(22)11-23(9-14,10-15)12-20(26)30/h2-3,8,14-16,22H,1,4-7,9-13H2,(H2,26,30)(H,27,31). The Morgan fingerprint density at radius 1 is 1.12 bits per heavy atom. The van der Waals surface area contributed by atoms with E-state index in [9.17, 15) is 18.0 Å². The molecule has 1 aliphatic heterocycles. The Hall–Kier alpha value is -1.55. The molecule has 5 fully saturated rings. The van der Waals surface area contributed by atoms with Gasteiger partial charge in [0.15, 0.2) is 0 Å². The molecule has 2 amide bonds. The van der Waals surface area contributed by atoms with Crippen molar-refractivity contribution in [3.8, 4) is 0 Å². The average molecular weight is 529 g/mol. The Balaban J connectivity index is 1.27. The van der Waals surface area contributed by atoms with Crippen LogP contribution in [0.4, 0.5) is 5.69 Å². The molecule has 1 aromatic carbocycles. The van der Waals surface area contributed by atoms with E-state index in [1.165, 1.54) is 14.7 Å². The van der Waals surface area contributed by atoms with E-state index in [4.69, 9.17) is 28.9 Å². The molecule has 2 atom stereocenters. The quantitative estimate of drug-likeness (QED) is 0.590. The van der Waals surface area contributed by atoms with Crippen molar-refractivity contribution in [1.82, 2.24) is 9.62 Å². The van der Waals surface area contributed by atoms with Gasteiger partial charge < -0.3 is 11.1 Å². The first-order valence-corrected chi connectivity index (χ1v) is 14.0. The lowest BCUT2D eigenvalue weighted by Gasteiger charge is -2.60. The van der Waals surface area contributed by atoms with Crippen molar-refractivity contribution in [3.05, 3.63) is 28.2 Å². The molecule has 1 heterocycles. The molecule has 4 saturated carbocycles. The highest BCUT2D eigenvalue weighted by Crippen LogP contribution is 2.61. The van der Waals surface area contributed by atoms with Gasteiger partial charge in [0.05, 0.1) is 17.3 Å². The molecule has 0 radical (unpaired) electrons. The maximum atomic E-state index is 13.3. The topological polar surface area (TPSA) is 113 Å². The zero-order valence-electron chi connectivity index (χ0n) is 18.9. The molecule has 3 N–H and O–H groups in total. The number of nitrogens with two attached hydrogens (primary N) is 1.